The van der Waals surface area contributed by atoms with Crippen LogP contribution in [0.2, 0.25) is 0 Å². The summed E-state index contributed by atoms with van der Waals surface area (Å²) in [5.41, 5.74) is 2.13. The third-order valence-electron chi connectivity index (χ3n) is 2.18. The van der Waals surface area contributed by atoms with Crippen molar-refractivity contribution in [1.29, 1.82) is 0 Å². The van der Waals surface area contributed by atoms with E-state index in [4.69, 9.17) is 0 Å². The zero-order valence-corrected chi connectivity index (χ0v) is 10.8. The molecule has 1 N–H and O–H groups in total. The van der Waals surface area contributed by atoms with Gasteiger partial charge in [-0.25, -0.2) is 4.98 Å². The quantitative estimate of drug-likeness (QED) is 0.940. The van der Waals surface area contributed by atoms with E-state index >= 15 is 0 Å². The summed E-state index contributed by atoms with van der Waals surface area (Å²) in [6, 6.07) is 4.02. The number of aryl methyl sites for hydroxylation is 2. The van der Waals surface area contributed by atoms with Gasteiger partial charge in [-0.2, -0.15) is 5.10 Å². The lowest BCUT2D eigenvalue weighted by Gasteiger charge is -2.06. The molecule has 4 nitrogen and oxygen atoms in total. The molecule has 0 saturated carbocycles. The maximum atomic E-state index is 4.31. The van der Waals surface area contributed by atoms with Crippen molar-refractivity contribution in [1.82, 2.24) is 14.8 Å². The molecule has 84 valence electrons. The van der Waals surface area contributed by atoms with E-state index in [1.54, 1.807) is 4.68 Å². The zero-order chi connectivity index (χ0) is 11.5. The Balaban J connectivity index is 2.04. The number of pyridine rings is 1. The van der Waals surface area contributed by atoms with E-state index in [-0.39, 0.29) is 0 Å². The molecule has 0 unspecified atom stereocenters. The normalized spacial score (nSPS) is 10.4. The van der Waals surface area contributed by atoms with Gasteiger partial charge in [-0.15, -0.1) is 0 Å². The first-order valence-electron chi connectivity index (χ1n) is 4.99. The molecule has 0 amide bonds. The highest BCUT2D eigenvalue weighted by Gasteiger charge is 2.02. The molecule has 0 aliphatic carbocycles. The maximum Gasteiger partial charge on any atom is 0.140 e. The maximum absolute atomic E-state index is 4.31. The highest BCUT2D eigenvalue weighted by molar-refractivity contribution is 9.10. The smallest absolute Gasteiger partial charge is 0.140 e. The van der Waals surface area contributed by atoms with Crippen molar-refractivity contribution >= 4 is 21.7 Å². The Labute approximate surface area is 103 Å². The van der Waals surface area contributed by atoms with E-state index in [9.17, 15) is 0 Å². The van der Waals surface area contributed by atoms with Crippen LogP contribution in [0, 0.1) is 6.92 Å². The Morgan fingerprint density at radius 3 is 2.94 bits per heavy atom. The molecular formula is C11H13BrN4. The fraction of sp³-hybridized carbons (Fsp3) is 0.273. The van der Waals surface area contributed by atoms with Gasteiger partial charge in [0, 0.05) is 19.4 Å². The van der Waals surface area contributed by atoms with Gasteiger partial charge in [0.05, 0.1) is 16.7 Å². The minimum Gasteiger partial charge on any atom is -0.363 e. The van der Waals surface area contributed by atoms with Gasteiger partial charge in [-0.05, 0) is 40.5 Å². The van der Waals surface area contributed by atoms with E-state index < -0.39 is 0 Å². The monoisotopic (exact) mass is 280 g/mol. The van der Waals surface area contributed by atoms with Crippen molar-refractivity contribution in [3.63, 3.8) is 0 Å². The molecule has 0 atom stereocenters. The third-order valence-corrected chi connectivity index (χ3v) is 2.79. The van der Waals surface area contributed by atoms with Gasteiger partial charge >= 0.3 is 0 Å². The van der Waals surface area contributed by atoms with Gasteiger partial charge in [0.1, 0.15) is 5.82 Å². The molecule has 0 radical (unpaired) electrons. The zero-order valence-electron chi connectivity index (χ0n) is 9.24. The van der Waals surface area contributed by atoms with Gasteiger partial charge in [0.15, 0.2) is 0 Å². The number of hydrogen-bond acceptors (Lipinski definition) is 3. The minimum atomic E-state index is 0.676. The number of nitrogens with zero attached hydrogens (tertiary/aromatic N) is 3. The summed E-state index contributed by atoms with van der Waals surface area (Å²) >= 11 is 3.48. The lowest BCUT2D eigenvalue weighted by molar-refractivity contribution is 0.747. The summed E-state index contributed by atoms with van der Waals surface area (Å²) in [5, 5.41) is 7.52. The predicted octanol–water partition coefficient (Wildman–Crippen LogP) is 2.50. The van der Waals surface area contributed by atoms with Crippen LogP contribution >= 0.6 is 15.9 Å². The van der Waals surface area contributed by atoms with E-state index in [0.717, 1.165) is 21.5 Å². The Hall–Kier alpha value is -1.36. The fourth-order valence-corrected chi connectivity index (χ4v) is 2.00. The second kappa shape index (κ2) is 4.65. The average Bonchev–Trinajstić information content (AvgIpc) is 2.63. The molecule has 16 heavy (non-hydrogen) atoms. The molecule has 0 aliphatic rings. The number of aromatic nitrogens is 3. The fourth-order valence-electron chi connectivity index (χ4n) is 1.40. The number of rotatable bonds is 3. The van der Waals surface area contributed by atoms with Crippen LogP contribution in [0.15, 0.2) is 29.0 Å². The molecule has 2 aromatic rings. The van der Waals surface area contributed by atoms with Crippen LogP contribution in [0.4, 0.5) is 5.82 Å². The molecule has 0 aliphatic heterocycles. The largest absolute Gasteiger partial charge is 0.363 e. The SMILES string of the molecule is Cc1cnc(NCc2ccn(C)n2)c(Br)c1. The summed E-state index contributed by atoms with van der Waals surface area (Å²) < 4.78 is 2.76. The van der Waals surface area contributed by atoms with Crippen LogP contribution in [0.5, 0.6) is 0 Å². The summed E-state index contributed by atoms with van der Waals surface area (Å²) in [6.07, 6.45) is 3.76. The van der Waals surface area contributed by atoms with E-state index in [1.165, 1.54) is 0 Å². The molecule has 2 rings (SSSR count). The van der Waals surface area contributed by atoms with Crippen molar-refractivity contribution in [3.8, 4) is 0 Å². The first-order chi connectivity index (χ1) is 7.65. The van der Waals surface area contributed by atoms with Gasteiger partial charge in [0.2, 0.25) is 0 Å². The van der Waals surface area contributed by atoms with E-state index in [0.29, 0.717) is 6.54 Å². The Bertz CT molecular complexity index is 492. The van der Waals surface area contributed by atoms with Gasteiger partial charge in [-0.1, -0.05) is 0 Å². The highest BCUT2D eigenvalue weighted by Crippen LogP contribution is 2.20. The molecule has 0 saturated heterocycles. The number of nitrogens with one attached hydrogen (secondary N) is 1. The van der Waals surface area contributed by atoms with Crippen molar-refractivity contribution in [2.75, 3.05) is 5.32 Å². The van der Waals surface area contributed by atoms with Crippen molar-refractivity contribution in [3.05, 3.63) is 40.3 Å². The molecule has 2 heterocycles. The topological polar surface area (TPSA) is 42.7 Å². The van der Waals surface area contributed by atoms with Crippen LogP contribution in [-0.4, -0.2) is 14.8 Å². The number of halogens is 1. The average molecular weight is 281 g/mol. The Morgan fingerprint density at radius 1 is 1.50 bits per heavy atom. The van der Waals surface area contributed by atoms with Crippen LogP contribution in [-0.2, 0) is 13.6 Å². The van der Waals surface area contributed by atoms with E-state index in [1.807, 2.05) is 38.5 Å². The summed E-state index contributed by atoms with van der Waals surface area (Å²) in [6.45, 7) is 2.69. The van der Waals surface area contributed by atoms with Gasteiger partial charge < -0.3 is 5.32 Å². The van der Waals surface area contributed by atoms with Crippen molar-refractivity contribution in [2.24, 2.45) is 7.05 Å². The lowest BCUT2D eigenvalue weighted by atomic mass is 10.3. The lowest BCUT2D eigenvalue weighted by Crippen LogP contribution is -2.03. The van der Waals surface area contributed by atoms with Gasteiger partial charge in [-0.3, -0.25) is 4.68 Å². The first-order valence-corrected chi connectivity index (χ1v) is 5.79. The molecular weight excluding hydrogens is 268 g/mol. The van der Waals surface area contributed by atoms with Crippen molar-refractivity contribution in [2.45, 2.75) is 13.5 Å². The molecule has 5 heteroatoms. The van der Waals surface area contributed by atoms with Crippen LogP contribution in [0.1, 0.15) is 11.3 Å². The van der Waals surface area contributed by atoms with Gasteiger partial charge in [0.25, 0.3) is 0 Å². The van der Waals surface area contributed by atoms with E-state index in [2.05, 4.69) is 31.3 Å². The minimum absolute atomic E-state index is 0.676. The predicted molar refractivity (Wildman–Crippen MR) is 67.2 cm³/mol. The molecule has 0 spiro atoms. The summed E-state index contributed by atoms with van der Waals surface area (Å²) in [4.78, 5) is 4.31. The highest BCUT2D eigenvalue weighted by atomic mass is 79.9. The third kappa shape index (κ3) is 2.61. The standard InChI is InChI=1S/C11H13BrN4/c1-8-5-10(12)11(13-6-8)14-7-9-3-4-16(2)15-9/h3-6H,7H2,1-2H3,(H,13,14). The van der Waals surface area contributed by atoms with Crippen LogP contribution in [0.3, 0.4) is 0 Å². The first kappa shape index (κ1) is 11.1. The molecule has 0 fully saturated rings. The molecule has 0 bridgehead atoms. The van der Waals surface area contributed by atoms with Crippen LogP contribution < -0.4 is 5.32 Å². The summed E-state index contributed by atoms with van der Waals surface area (Å²) in [7, 11) is 1.91. The van der Waals surface area contributed by atoms with Crippen molar-refractivity contribution < 1.29 is 0 Å². The second-order valence-electron chi connectivity index (χ2n) is 3.68. The number of hydrogen-bond donors (Lipinski definition) is 1. The second-order valence-corrected chi connectivity index (χ2v) is 4.53. The molecule has 0 aromatic carbocycles. The molecule has 2 aromatic heterocycles. The summed E-state index contributed by atoms with van der Waals surface area (Å²) in [5.74, 6) is 0.844. The Kier molecular flexibility index (Phi) is 3.24. The van der Waals surface area contributed by atoms with Crippen LogP contribution in [0.25, 0.3) is 0 Å². The number of anilines is 1. The Morgan fingerprint density at radius 2 is 2.31 bits per heavy atom.